The maximum Gasteiger partial charge on any atom is 0.160 e. The molecule has 0 aliphatic carbocycles. The molecule has 108 valence electrons. The minimum atomic E-state index is -1.20. The molecule has 0 aromatic heterocycles. The van der Waals surface area contributed by atoms with Crippen molar-refractivity contribution >= 4 is 10.8 Å². The molecule has 2 atom stereocenters. The first-order valence-corrected chi connectivity index (χ1v) is 7.83. The number of aliphatic hydroxyl groups is 1. The normalized spacial score (nSPS) is 14.5. The van der Waals surface area contributed by atoms with Crippen molar-refractivity contribution < 1.29 is 18.8 Å². The van der Waals surface area contributed by atoms with E-state index in [1.54, 1.807) is 12.1 Å². The summed E-state index contributed by atoms with van der Waals surface area (Å²) in [5, 5.41) is 9.95. The van der Waals surface area contributed by atoms with Gasteiger partial charge in [0.2, 0.25) is 0 Å². The second-order valence-electron chi connectivity index (χ2n) is 4.06. The van der Waals surface area contributed by atoms with E-state index in [1.165, 1.54) is 0 Å². The third kappa shape index (κ3) is 6.29. The topological polar surface area (TPSA) is 55.8 Å². The summed E-state index contributed by atoms with van der Waals surface area (Å²) >= 11 is 0. The summed E-state index contributed by atoms with van der Waals surface area (Å²) in [7, 11) is -1.20. The van der Waals surface area contributed by atoms with Gasteiger partial charge in [-0.1, -0.05) is 18.2 Å². The Labute approximate surface area is 117 Å². The fourth-order valence-corrected chi connectivity index (χ4v) is 2.83. The molecule has 0 bridgehead atoms. The van der Waals surface area contributed by atoms with Crippen LogP contribution in [0.4, 0.5) is 0 Å². The predicted octanol–water partition coefficient (Wildman–Crippen LogP) is 1.94. The van der Waals surface area contributed by atoms with Crippen molar-refractivity contribution in [2.75, 3.05) is 19.0 Å². The lowest BCUT2D eigenvalue weighted by molar-refractivity contribution is -0.150. The van der Waals surface area contributed by atoms with Crippen LogP contribution in [0.3, 0.4) is 0 Å². The molecule has 1 aromatic carbocycles. The third-order valence-corrected chi connectivity index (χ3v) is 4.00. The van der Waals surface area contributed by atoms with Gasteiger partial charge in [0.1, 0.15) is 0 Å². The number of benzene rings is 1. The zero-order chi connectivity index (χ0) is 14.1. The molecule has 4 nitrogen and oxygen atoms in total. The molecular weight excluding hydrogens is 265 g/mol. The monoisotopic (exact) mass is 287 g/mol. The van der Waals surface area contributed by atoms with Crippen LogP contribution in [0.5, 0.6) is 0 Å². The molecule has 0 saturated heterocycles. The summed E-state index contributed by atoms with van der Waals surface area (Å²) in [5.41, 5.74) is 0. The van der Waals surface area contributed by atoms with E-state index in [4.69, 9.17) is 9.47 Å². The van der Waals surface area contributed by atoms with Crippen LogP contribution >= 0.6 is 0 Å². The summed E-state index contributed by atoms with van der Waals surface area (Å²) < 4.78 is 22.7. The Morgan fingerprint density at radius 2 is 1.74 bits per heavy atom. The van der Waals surface area contributed by atoms with Crippen LogP contribution in [0, 0.1) is 0 Å². The minimum absolute atomic E-state index is 0.195. The third-order valence-electron chi connectivity index (χ3n) is 2.52. The van der Waals surface area contributed by atoms with E-state index >= 15 is 0 Å². The lowest BCUT2D eigenvalue weighted by Crippen LogP contribution is -2.27. The lowest BCUT2D eigenvalue weighted by atomic mass is 10.3. The SMILES string of the molecule is CCOC(CC(O)[13CH2]S(=O)c1ccccc1)OCC. The van der Waals surface area contributed by atoms with Crippen molar-refractivity contribution in [3.05, 3.63) is 30.3 Å². The van der Waals surface area contributed by atoms with Crippen molar-refractivity contribution in [3.8, 4) is 0 Å². The van der Waals surface area contributed by atoms with E-state index in [0.29, 0.717) is 19.6 Å². The highest BCUT2D eigenvalue weighted by molar-refractivity contribution is 7.85. The largest absolute Gasteiger partial charge is 0.392 e. The quantitative estimate of drug-likeness (QED) is 0.557. The van der Waals surface area contributed by atoms with Gasteiger partial charge in [0, 0.05) is 24.5 Å². The van der Waals surface area contributed by atoms with E-state index in [1.807, 2.05) is 32.0 Å². The highest BCUT2D eigenvalue weighted by Gasteiger charge is 2.17. The smallest absolute Gasteiger partial charge is 0.160 e. The lowest BCUT2D eigenvalue weighted by Gasteiger charge is -2.19. The maximum absolute atomic E-state index is 12.0. The van der Waals surface area contributed by atoms with Crippen molar-refractivity contribution in [1.82, 2.24) is 0 Å². The van der Waals surface area contributed by atoms with Gasteiger partial charge in [0.25, 0.3) is 0 Å². The van der Waals surface area contributed by atoms with Gasteiger partial charge in [-0.15, -0.1) is 0 Å². The summed E-state index contributed by atoms with van der Waals surface area (Å²) in [5.74, 6) is 0.195. The van der Waals surface area contributed by atoms with Gasteiger partial charge in [-0.2, -0.15) is 0 Å². The molecule has 0 aliphatic rings. The second-order valence-corrected chi connectivity index (χ2v) is 5.55. The van der Waals surface area contributed by atoms with E-state index < -0.39 is 23.2 Å². The predicted molar refractivity (Wildman–Crippen MR) is 75.4 cm³/mol. The van der Waals surface area contributed by atoms with Crippen LogP contribution in [0.2, 0.25) is 0 Å². The van der Waals surface area contributed by atoms with Gasteiger partial charge in [-0.05, 0) is 26.0 Å². The van der Waals surface area contributed by atoms with Gasteiger partial charge in [-0.25, -0.2) is 0 Å². The number of rotatable bonds is 9. The van der Waals surface area contributed by atoms with Gasteiger partial charge < -0.3 is 14.6 Å². The van der Waals surface area contributed by atoms with Gasteiger partial charge in [0.05, 0.1) is 22.7 Å². The first kappa shape index (κ1) is 16.3. The van der Waals surface area contributed by atoms with Gasteiger partial charge in [0.15, 0.2) is 6.29 Å². The zero-order valence-electron chi connectivity index (χ0n) is 11.5. The Balaban J connectivity index is 2.45. The van der Waals surface area contributed by atoms with Crippen molar-refractivity contribution in [2.24, 2.45) is 0 Å². The second kappa shape index (κ2) is 9.20. The van der Waals surface area contributed by atoms with Crippen molar-refractivity contribution in [1.29, 1.82) is 0 Å². The molecule has 0 saturated carbocycles. The van der Waals surface area contributed by atoms with E-state index in [9.17, 15) is 9.32 Å². The van der Waals surface area contributed by atoms with E-state index in [-0.39, 0.29) is 5.75 Å². The molecule has 0 aliphatic heterocycles. The average Bonchev–Trinajstić information content (AvgIpc) is 2.40. The number of ether oxygens (including phenoxy) is 2. The first-order chi connectivity index (χ1) is 9.17. The summed E-state index contributed by atoms with van der Waals surface area (Å²) in [6.45, 7) is 4.80. The fourth-order valence-electron chi connectivity index (χ4n) is 1.69. The molecule has 0 spiro atoms. The molecule has 5 heteroatoms. The number of hydrogen-bond acceptors (Lipinski definition) is 4. The highest BCUT2D eigenvalue weighted by atomic mass is 32.2. The Morgan fingerprint density at radius 3 is 2.26 bits per heavy atom. The summed E-state index contributed by atoms with van der Waals surface area (Å²) in [6, 6.07) is 9.14. The Kier molecular flexibility index (Phi) is 7.90. The molecule has 19 heavy (non-hydrogen) atoms. The fraction of sp³-hybridized carbons (Fsp3) is 0.571. The minimum Gasteiger partial charge on any atom is -0.392 e. The Bertz CT molecular complexity index is 363. The maximum atomic E-state index is 12.0. The van der Waals surface area contributed by atoms with Crippen LogP contribution in [0.15, 0.2) is 35.2 Å². The number of hydrogen-bond donors (Lipinski definition) is 1. The first-order valence-electron chi connectivity index (χ1n) is 6.52. The summed E-state index contributed by atoms with van der Waals surface area (Å²) in [4.78, 5) is 0.728. The molecule has 1 aromatic rings. The highest BCUT2D eigenvalue weighted by Crippen LogP contribution is 2.11. The van der Waals surface area contributed by atoms with Crippen molar-refractivity contribution in [2.45, 2.75) is 37.6 Å². The molecule has 0 fully saturated rings. The molecule has 0 radical (unpaired) electrons. The molecule has 0 amide bonds. The Hall–Kier alpha value is -0.750. The molecule has 2 unspecified atom stereocenters. The van der Waals surface area contributed by atoms with Crippen LogP contribution in [-0.4, -0.2) is 40.7 Å². The van der Waals surface area contributed by atoms with Crippen LogP contribution in [-0.2, 0) is 20.3 Å². The average molecular weight is 287 g/mol. The Morgan fingerprint density at radius 1 is 1.16 bits per heavy atom. The van der Waals surface area contributed by atoms with Crippen LogP contribution in [0.25, 0.3) is 0 Å². The molecular formula is C14H22O4S. The molecule has 1 N–H and O–H groups in total. The van der Waals surface area contributed by atoms with Crippen LogP contribution < -0.4 is 0 Å². The standard InChI is InChI=1S/C14H22O4S/c1-3-17-14(18-4-2)10-12(15)11-19(16)13-8-6-5-7-9-13/h5-9,12,14-15H,3-4,10-11H2,1-2H3/i11+1. The summed E-state index contributed by atoms with van der Waals surface area (Å²) in [6.07, 6.45) is -0.804. The number of aliphatic hydroxyl groups excluding tert-OH is 1. The molecule has 1 rings (SSSR count). The van der Waals surface area contributed by atoms with Crippen LogP contribution in [0.1, 0.15) is 20.3 Å². The van der Waals surface area contributed by atoms with E-state index in [0.717, 1.165) is 4.90 Å². The van der Waals surface area contributed by atoms with Crippen molar-refractivity contribution in [3.63, 3.8) is 0 Å². The van der Waals surface area contributed by atoms with Gasteiger partial charge in [-0.3, -0.25) is 4.21 Å². The van der Waals surface area contributed by atoms with Gasteiger partial charge >= 0.3 is 0 Å². The molecule has 0 heterocycles. The zero-order valence-corrected chi connectivity index (χ0v) is 12.3. The van der Waals surface area contributed by atoms with E-state index in [2.05, 4.69) is 0 Å².